The monoisotopic (exact) mass is 394 g/mol. The summed E-state index contributed by atoms with van der Waals surface area (Å²) in [4.78, 5) is 25.6. The summed E-state index contributed by atoms with van der Waals surface area (Å²) < 4.78 is 5.80. The molecule has 29 heavy (non-hydrogen) atoms. The van der Waals surface area contributed by atoms with Gasteiger partial charge in [0, 0.05) is 11.1 Å². The summed E-state index contributed by atoms with van der Waals surface area (Å²) in [6, 6.07) is 15.3. The molecule has 2 aromatic carbocycles. The van der Waals surface area contributed by atoms with Crippen LogP contribution in [0.25, 0.3) is 11.0 Å². The summed E-state index contributed by atoms with van der Waals surface area (Å²) in [5.41, 5.74) is 3.68. The van der Waals surface area contributed by atoms with Crippen LogP contribution in [0.1, 0.15) is 29.9 Å². The Balaban J connectivity index is 1.51. The maximum Gasteiger partial charge on any atom is 0.279 e. The average Bonchev–Trinajstić information content (AvgIpc) is 3.09. The number of amides is 2. The van der Waals surface area contributed by atoms with E-state index in [1.165, 1.54) is 0 Å². The molecular formula is C23H28N3O3+. The third-order valence-electron chi connectivity index (χ3n) is 4.92. The van der Waals surface area contributed by atoms with Crippen LogP contribution in [0.2, 0.25) is 0 Å². The van der Waals surface area contributed by atoms with E-state index in [1.807, 2.05) is 76.3 Å². The Hall–Kier alpha value is -3.12. The Morgan fingerprint density at radius 2 is 1.66 bits per heavy atom. The lowest BCUT2D eigenvalue weighted by Gasteiger charge is -2.17. The number of anilines is 1. The SMILES string of the molecule is Cc1cccc(C)c1NC(=O)C[NH+](C)CC(=O)N[C@@H](C)c1cc2ccccc2o1. The van der Waals surface area contributed by atoms with Crippen molar-refractivity contribution in [2.24, 2.45) is 0 Å². The molecule has 0 saturated heterocycles. The van der Waals surface area contributed by atoms with E-state index < -0.39 is 0 Å². The van der Waals surface area contributed by atoms with E-state index >= 15 is 0 Å². The summed E-state index contributed by atoms with van der Waals surface area (Å²) in [6.45, 7) is 6.22. The van der Waals surface area contributed by atoms with E-state index in [4.69, 9.17) is 4.42 Å². The number of likely N-dealkylation sites (N-methyl/N-ethyl adjacent to an activating group) is 1. The molecule has 6 heteroatoms. The maximum absolute atomic E-state index is 12.4. The highest BCUT2D eigenvalue weighted by atomic mass is 16.3. The van der Waals surface area contributed by atoms with Crippen LogP contribution in [0.15, 0.2) is 52.9 Å². The van der Waals surface area contributed by atoms with Crippen molar-refractivity contribution in [3.8, 4) is 0 Å². The molecule has 0 fully saturated rings. The zero-order chi connectivity index (χ0) is 21.0. The zero-order valence-corrected chi connectivity index (χ0v) is 17.3. The normalized spacial score (nSPS) is 13.1. The third-order valence-corrected chi connectivity index (χ3v) is 4.92. The highest BCUT2D eigenvalue weighted by Crippen LogP contribution is 2.23. The number of carbonyl (C=O) groups excluding carboxylic acids is 2. The summed E-state index contributed by atoms with van der Waals surface area (Å²) in [5.74, 6) is 0.471. The smallest absolute Gasteiger partial charge is 0.279 e. The number of para-hydroxylation sites is 2. The summed E-state index contributed by atoms with van der Waals surface area (Å²) in [5, 5.41) is 6.91. The van der Waals surface area contributed by atoms with Crippen LogP contribution >= 0.6 is 0 Å². The van der Waals surface area contributed by atoms with Gasteiger partial charge >= 0.3 is 0 Å². The number of carbonyl (C=O) groups is 2. The predicted molar refractivity (Wildman–Crippen MR) is 114 cm³/mol. The van der Waals surface area contributed by atoms with Crippen LogP contribution in [0.3, 0.4) is 0 Å². The maximum atomic E-state index is 12.4. The van der Waals surface area contributed by atoms with E-state index in [9.17, 15) is 9.59 Å². The Morgan fingerprint density at radius 3 is 2.34 bits per heavy atom. The number of benzene rings is 2. The van der Waals surface area contributed by atoms with Crippen molar-refractivity contribution in [1.29, 1.82) is 0 Å². The fourth-order valence-electron chi connectivity index (χ4n) is 3.39. The van der Waals surface area contributed by atoms with Crippen LogP contribution in [0, 0.1) is 13.8 Å². The minimum atomic E-state index is -0.244. The Morgan fingerprint density at radius 1 is 1.00 bits per heavy atom. The van der Waals surface area contributed by atoms with Gasteiger partial charge in [-0.25, -0.2) is 0 Å². The molecule has 152 valence electrons. The van der Waals surface area contributed by atoms with Gasteiger partial charge in [-0.2, -0.15) is 0 Å². The van der Waals surface area contributed by atoms with Gasteiger partial charge in [-0.15, -0.1) is 0 Å². The lowest BCUT2D eigenvalue weighted by Crippen LogP contribution is -3.11. The molecule has 0 aliphatic rings. The summed E-state index contributed by atoms with van der Waals surface area (Å²) >= 11 is 0. The van der Waals surface area contributed by atoms with Crippen molar-refractivity contribution in [2.45, 2.75) is 26.8 Å². The highest BCUT2D eigenvalue weighted by molar-refractivity contribution is 5.93. The molecule has 3 rings (SSSR count). The van der Waals surface area contributed by atoms with Crippen molar-refractivity contribution in [3.05, 3.63) is 65.4 Å². The van der Waals surface area contributed by atoms with E-state index in [2.05, 4.69) is 10.6 Å². The van der Waals surface area contributed by atoms with Crippen LogP contribution < -0.4 is 15.5 Å². The Kier molecular flexibility index (Phi) is 6.34. The first-order valence-corrected chi connectivity index (χ1v) is 9.78. The molecule has 0 aliphatic heterocycles. The third kappa shape index (κ3) is 5.23. The van der Waals surface area contributed by atoms with E-state index in [0.29, 0.717) is 5.76 Å². The number of furan rings is 1. The van der Waals surface area contributed by atoms with Crippen molar-refractivity contribution in [2.75, 3.05) is 25.5 Å². The van der Waals surface area contributed by atoms with Gasteiger partial charge < -0.3 is 20.0 Å². The standard InChI is InChI=1S/C23H27N3O3/c1-15-8-7-9-16(2)23(15)25-22(28)14-26(4)13-21(27)24-17(3)20-12-18-10-5-6-11-19(18)29-20/h5-12,17H,13-14H2,1-4H3,(H,24,27)(H,25,28)/p+1/t17-/m0/s1. The first-order chi connectivity index (χ1) is 13.8. The Labute approximate surface area is 170 Å². The molecule has 0 radical (unpaired) electrons. The lowest BCUT2D eigenvalue weighted by atomic mass is 10.1. The molecule has 6 nitrogen and oxygen atoms in total. The molecule has 2 atom stereocenters. The molecule has 3 aromatic rings. The van der Waals surface area contributed by atoms with E-state index in [-0.39, 0.29) is 30.9 Å². The largest absolute Gasteiger partial charge is 0.459 e. The predicted octanol–water partition coefficient (Wildman–Crippen LogP) is 2.38. The summed E-state index contributed by atoms with van der Waals surface area (Å²) in [7, 11) is 1.83. The van der Waals surface area contributed by atoms with Gasteiger partial charge in [0.05, 0.1) is 13.1 Å². The molecule has 0 aliphatic carbocycles. The van der Waals surface area contributed by atoms with Gasteiger partial charge in [-0.3, -0.25) is 9.59 Å². The molecule has 0 saturated carbocycles. The molecule has 0 spiro atoms. The molecule has 2 amide bonds. The fraction of sp³-hybridized carbons (Fsp3) is 0.304. The highest BCUT2D eigenvalue weighted by Gasteiger charge is 2.19. The lowest BCUT2D eigenvalue weighted by molar-refractivity contribution is -0.862. The zero-order valence-electron chi connectivity index (χ0n) is 17.3. The summed E-state index contributed by atoms with van der Waals surface area (Å²) in [6.07, 6.45) is 0. The molecule has 3 N–H and O–H groups in total. The number of rotatable bonds is 7. The minimum Gasteiger partial charge on any atom is -0.459 e. The first-order valence-electron chi connectivity index (χ1n) is 9.78. The van der Waals surface area contributed by atoms with Crippen LogP contribution in [0.4, 0.5) is 5.69 Å². The fourth-order valence-corrected chi connectivity index (χ4v) is 3.39. The number of hydrogen-bond acceptors (Lipinski definition) is 3. The number of aryl methyl sites for hydroxylation is 2. The number of quaternary nitrogens is 1. The van der Waals surface area contributed by atoms with Gasteiger partial charge in [-0.1, -0.05) is 36.4 Å². The topological polar surface area (TPSA) is 75.8 Å². The van der Waals surface area contributed by atoms with Crippen molar-refractivity contribution in [3.63, 3.8) is 0 Å². The second-order valence-electron chi connectivity index (χ2n) is 7.60. The molecular weight excluding hydrogens is 366 g/mol. The van der Waals surface area contributed by atoms with Gasteiger partial charge in [0.1, 0.15) is 11.3 Å². The second-order valence-corrected chi connectivity index (χ2v) is 7.60. The van der Waals surface area contributed by atoms with E-state index in [0.717, 1.165) is 32.7 Å². The van der Waals surface area contributed by atoms with Crippen LogP contribution in [0.5, 0.6) is 0 Å². The quantitative estimate of drug-likeness (QED) is 0.576. The minimum absolute atomic E-state index is 0.113. The molecule has 1 unspecified atom stereocenters. The van der Waals surface area contributed by atoms with Gasteiger partial charge in [0.15, 0.2) is 13.1 Å². The van der Waals surface area contributed by atoms with Gasteiger partial charge in [0.2, 0.25) is 0 Å². The van der Waals surface area contributed by atoms with Gasteiger partial charge in [0.25, 0.3) is 11.8 Å². The average molecular weight is 394 g/mol. The molecule has 0 bridgehead atoms. The molecule has 1 aromatic heterocycles. The number of fused-ring (bicyclic) bond motifs is 1. The number of hydrogen-bond donors (Lipinski definition) is 3. The van der Waals surface area contributed by atoms with Crippen molar-refractivity contribution in [1.82, 2.24) is 5.32 Å². The number of nitrogens with one attached hydrogen (secondary N) is 3. The first kappa shape index (κ1) is 20.6. The van der Waals surface area contributed by atoms with Gasteiger partial charge in [-0.05, 0) is 44.0 Å². The Bertz CT molecular complexity index is 972. The van der Waals surface area contributed by atoms with Crippen molar-refractivity contribution < 1.29 is 18.9 Å². The second kappa shape index (κ2) is 8.92. The van der Waals surface area contributed by atoms with Crippen LogP contribution in [-0.4, -0.2) is 32.0 Å². The molecule has 1 heterocycles. The van der Waals surface area contributed by atoms with Crippen molar-refractivity contribution >= 4 is 28.5 Å². The van der Waals surface area contributed by atoms with E-state index in [1.54, 1.807) is 0 Å². The van der Waals surface area contributed by atoms with Crippen LogP contribution in [-0.2, 0) is 9.59 Å².